The maximum atomic E-state index is 5.57. The van der Waals surface area contributed by atoms with Gasteiger partial charge in [0.1, 0.15) is 24.7 Å². The standard InChI is InChI=1S/C17H26N6O2/c1-2-18-17(19-8-5-10-24-13-14-6-4-11-25-14)20-12-16-22-21-15-7-3-9-23(15)16/h4,6,11H,2-3,5,7-10,12-13H2,1H3,(H2,18,19,20). The van der Waals surface area contributed by atoms with Crippen molar-refractivity contribution >= 4 is 5.96 Å². The highest BCUT2D eigenvalue weighted by molar-refractivity contribution is 5.79. The van der Waals surface area contributed by atoms with E-state index in [1.165, 1.54) is 0 Å². The van der Waals surface area contributed by atoms with Crippen LogP contribution in [0.25, 0.3) is 0 Å². The van der Waals surface area contributed by atoms with Crippen LogP contribution in [0.5, 0.6) is 0 Å². The van der Waals surface area contributed by atoms with Gasteiger partial charge in [0.25, 0.3) is 0 Å². The van der Waals surface area contributed by atoms with Gasteiger partial charge < -0.3 is 24.4 Å². The SMILES string of the molecule is CCNC(=NCc1nnc2n1CCC2)NCCCOCc1ccco1. The Morgan fingerprint density at radius 1 is 1.40 bits per heavy atom. The number of ether oxygens (including phenoxy) is 1. The Bertz CT molecular complexity index is 665. The fourth-order valence-electron chi connectivity index (χ4n) is 2.77. The summed E-state index contributed by atoms with van der Waals surface area (Å²) in [7, 11) is 0. The number of hydrogen-bond acceptors (Lipinski definition) is 5. The number of hydrogen-bond donors (Lipinski definition) is 2. The molecule has 1 aliphatic heterocycles. The molecule has 0 spiro atoms. The molecule has 0 unspecified atom stereocenters. The average molecular weight is 346 g/mol. The Morgan fingerprint density at radius 2 is 2.36 bits per heavy atom. The zero-order chi connectivity index (χ0) is 17.3. The number of nitrogens with zero attached hydrogens (tertiary/aromatic N) is 4. The molecule has 0 bridgehead atoms. The lowest BCUT2D eigenvalue weighted by atomic mass is 10.4. The maximum Gasteiger partial charge on any atom is 0.191 e. The minimum atomic E-state index is 0.513. The molecule has 2 aromatic rings. The summed E-state index contributed by atoms with van der Waals surface area (Å²) in [6.45, 7) is 6.39. The van der Waals surface area contributed by atoms with E-state index in [1.54, 1.807) is 6.26 Å². The molecule has 1 aliphatic rings. The highest BCUT2D eigenvalue weighted by atomic mass is 16.5. The second-order valence-corrected chi connectivity index (χ2v) is 5.90. The van der Waals surface area contributed by atoms with Crippen LogP contribution < -0.4 is 10.6 Å². The number of furan rings is 1. The number of fused-ring (bicyclic) bond motifs is 1. The van der Waals surface area contributed by atoms with Gasteiger partial charge in [-0.3, -0.25) is 0 Å². The van der Waals surface area contributed by atoms with Crippen LogP contribution in [0.15, 0.2) is 27.8 Å². The van der Waals surface area contributed by atoms with Crippen molar-refractivity contribution in [1.29, 1.82) is 0 Å². The Kier molecular flexibility index (Phi) is 6.44. The van der Waals surface area contributed by atoms with Crippen LogP contribution in [0, 0.1) is 0 Å². The summed E-state index contributed by atoms with van der Waals surface area (Å²) in [5.74, 6) is 3.66. The largest absolute Gasteiger partial charge is 0.467 e. The smallest absolute Gasteiger partial charge is 0.191 e. The second kappa shape index (κ2) is 9.22. The summed E-state index contributed by atoms with van der Waals surface area (Å²) in [4.78, 5) is 4.61. The minimum Gasteiger partial charge on any atom is -0.467 e. The van der Waals surface area contributed by atoms with Gasteiger partial charge in [-0.15, -0.1) is 10.2 Å². The Balaban J connectivity index is 1.38. The third-order valence-electron chi connectivity index (χ3n) is 3.99. The van der Waals surface area contributed by atoms with Gasteiger partial charge in [0.05, 0.1) is 6.26 Å². The average Bonchev–Trinajstić information content (AvgIpc) is 3.34. The van der Waals surface area contributed by atoms with E-state index in [-0.39, 0.29) is 0 Å². The maximum absolute atomic E-state index is 5.57. The molecule has 8 nitrogen and oxygen atoms in total. The van der Waals surface area contributed by atoms with Crippen LogP contribution in [0.1, 0.15) is 37.2 Å². The summed E-state index contributed by atoms with van der Waals surface area (Å²) in [6.07, 6.45) is 4.72. The summed E-state index contributed by atoms with van der Waals surface area (Å²) < 4.78 is 13.0. The molecule has 0 saturated carbocycles. The van der Waals surface area contributed by atoms with Crippen LogP contribution in [-0.4, -0.2) is 40.4 Å². The molecule has 0 amide bonds. The van der Waals surface area contributed by atoms with Gasteiger partial charge in [-0.1, -0.05) is 0 Å². The van der Waals surface area contributed by atoms with Gasteiger partial charge >= 0.3 is 0 Å². The van der Waals surface area contributed by atoms with Crippen molar-refractivity contribution in [3.05, 3.63) is 35.8 Å². The van der Waals surface area contributed by atoms with Crippen LogP contribution in [0.2, 0.25) is 0 Å². The molecular weight excluding hydrogens is 320 g/mol. The lowest BCUT2D eigenvalue weighted by molar-refractivity contribution is 0.105. The van der Waals surface area contributed by atoms with E-state index in [1.807, 2.05) is 12.1 Å². The number of guanidine groups is 1. The van der Waals surface area contributed by atoms with E-state index >= 15 is 0 Å². The fourth-order valence-corrected chi connectivity index (χ4v) is 2.77. The minimum absolute atomic E-state index is 0.513. The third kappa shape index (κ3) is 5.06. The normalized spacial score (nSPS) is 13.9. The topological polar surface area (TPSA) is 89.5 Å². The van der Waals surface area contributed by atoms with Crippen LogP contribution in [0.3, 0.4) is 0 Å². The van der Waals surface area contributed by atoms with E-state index in [0.717, 1.165) is 62.3 Å². The molecule has 3 rings (SSSR count). The molecule has 0 atom stereocenters. The number of aryl methyl sites for hydroxylation is 1. The second-order valence-electron chi connectivity index (χ2n) is 5.90. The first-order valence-electron chi connectivity index (χ1n) is 8.90. The van der Waals surface area contributed by atoms with E-state index in [9.17, 15) is 0 Å². The highest BCUT2D eigenvalue weighted by Gasteiger charge is 2.16. The van der Waals surface area contributed by atoms with Crippen LogP contribution in [0.4, 0.5) is 0 Å². The van der Waals surface area contributed by atoms with Crippen molar-refractivity contribution in [3.8, 4) is 0 Å². The van der Waals surface area contributed by atoms with Gasteiger partial charge in [-0.05, 0) is 31.9 Å². The van der Waals surface area contributed by atoms with Crippen molar-refractivity contribution < 1.29 is 9.15 Å². The molecule has 3 heterocycles. The van der Waals surface area contributed by atoms with Gasteiger partial charge in [0.2, 0.25) is 0 Å². The molecule has 2 N–H and O–H groups in total. The molecule has 2 aromatic heterocycles. The molecule has 0 aliphatic carbocycles. The summed E-state index contributed by atoms with van der Waals surface area (Å²) >= 11 is 0. The predicted octanol–water partition coefficient (Wildman–Crippen LogP) is 1.48. The van der Waals surface area contributed by atoms with E-state index in [0.29, 0.717) is 19.8 Å². The molecule has 0 radical (unpaired) electrons. The van der Waals surface area contributed by atoms with E-state index < -0.39 is 0 Å². The first-order chi connectivity index (χ1) is 12.4. The summed E-state index contributed by atoms with van der Waals surface area (Å²) in [6, 6.07) is 3.78. The molecular formula is C17H26N6O2. The lowest BCUT2D eigenvalue weighted by Crippen LogP contribution is -2.38. The van der Waals surface area contributed by atoms with Gasteiger partial charge in [0.15, 0.2) is 11.8 Å². The zero-order valence-electron chi connectivity index (χ0n) is 14.7. The lowest BCUT2D eigenvalue weighted by Gasteiger charge is -2.11. The van der Waals surface area contributed by atoms with E-state index in [2.05, 4.69) is 37.3 Å². The number of nitrogens with one attached hydrogen (secondary N) is 2. The van der Waals surface area contributed by atoms with Gasteiger partial charge in [-0.2, -0.15) is 0 Å². The fraction of sp³-hybridized carbons (Fsp3) is 0.588. The summed E-state index contributed by atoms with van der Waals surface area (Å²) in [5, 5.41) is 15.0. The molecule has 0 fully saturated rings. The Hall–Kier alpha value is -2.35. The van der Waals surface area contributed by atoms with Crippen LogP contribution >= 0.6 is 0 Å². The monoisotopic (exact) mass is 346 g/mol. The molecule has 136 valence electrons. The van der Waals surface area contributed by atoms with Crippen molar-refractivity contribution in [2.24, 2.45) is 4.99 Å². The van der Waals surface area contributed by atoms with Crippen molar-refractivity contribution in [1.82, 2.24) is 25.4 Å². The highest BCUT2D eigenvalue weighted by Crippen LogP contribution is 2.14. The number of rotatable bonds is 9. The third-order valence-corrected chi connectivity index (χ3v) is 3.99. The van der Waals surface area contributed by atoms with Gasteiger partial charge in [0, 0.05) is 32.7 Å². The van der Waals surface area contributed by atoms with Crippen molar-refractivity contribution in [2.75, 3.05) is 19.7 Å². The molecule has 25 heavy (non-hydrogen) atoms. The predicted molar refractivity (Wildman–Crippen MR) is 94.1 cm³/mol. The first-order valence-corrected chi connectivity index (χ1v) is 8.90. The number of aliphatic imine (C=N–C) groups is 1. The van der Waals surface area contributed by atoms with Crippen LogP contribution in [-0.2, 0) is 30.9 Å². The van der Waals surface area contributed by atoms with Crippen molar-refractivity contribution in [3.63, 3.8) is 0 Å². The molecule has 0 aromatic carbocycles. The van der Waals surface area contributed by atoms with Gasteiger partial charge in [-0.25, -0.2) is 4.99 Å². The zero-order valence-corrected chi connectivity index (χ0v) is 14.7. The molecule has 8 heteroatoms. The first kappa shape index (κ1) is 17.5. The quantitative estimate of drug-likeness (QED) is 0.406. The number of aromatic nitrogens is 3. The van der Waals surface area contributed by atoms with Crippen molar-refractivity contribution in [2.45, 2.75) is 45.9 Å². The Labute approximate surface area is 147 Å². The molecule has 0 saturated heterocycles. The Morgan fingerprint density at radius 3 is 3.20 bits per heavy atom. The summed E-state index contributed by atoms with van der Waals surface area (Å²) in [5.41, 5.74) is 0. The van der Waals surface area contributed by atoms with E-state index in [4.69, 9.17) is 9.15 Å².